The van der Waals surface area contributed by atoms with Crippen molar-refractivity contribution in [2.45, 2.75) is 18.3 Å². The van der Waals surface area contributed by atoms with Crippen molar-refractivity contribution in [3.05, 3.63) is 64.7 Å². The quantitative estimate of drug-likeness (QED) is 0.677. The van der Waals surface area contributed by atoms with Gasteiger partial charge in [0.25, 0.3) is 0 Å². The molecule has 1 aromatic heterocycles. The van der Waals surface area contributed by atoms with Crippen molar-refractivity contribution in [2.24, 2.45) is 7.05 Å². The summed E-state index contributed by atoms with van der Waals surface area (Å²) in [6.07, 6.45) is 1.92. The number of nitrogens with one attached hydrogen (secondary N) is 1. The van der Waals surface area contributed by atoms with Crippen LogP contribution < -0.4 is 5.32 Å². The highest BCUT2D eigenvalue weighted by atomic mass is 35.5. The van der Waals surface area contributed by atoms with Crippen molar-refractivity contribution in [1.82, 2.24) is 14.8 Å². The summed E-state index contributed by atoms with van der Waals surface area (Å²) in [6.45, 7) is 0.515. The third-order valence-electron chi connectivity index (χ3n) is 5.10. The first kappa shape index (κ1) is 17.9. The number of hydrogen-bond donors (Lipinski definition) is 2. The highest BCUT2D eigenvalue weighted by Gasteiger charge is 2.50. The van der Waals surface area contributed by atoms with Gasteiger partial charge >= 0.3 is 0 Å². The number of aromatic nitrogens is 3. The lowest BCUT2D eigenvalue weighted by molar-refractivity contribution is 0.311. The van der Waals surface area contributed by atoms with E-state index in [-0.39, 0.29) is 17.8 Å². The van der Waals surface area contributed by atoms with Crippen LogP contribution in [0.2, 0.25) is 5.02 Å². The third-order valence-corrected chi connectivity index (χ3v) is 5.41. The van der Waals surface area contributed by atoms with Gasteiger partial charge in [0.2, 0.25) is 0 Å². The number of aliphatic hydroxyl groups is 1. The van der Waals surface area contributed by atoms with E-state index < -0.39 is 0 Å². The molecule has 0 saturated heterocycles. The lowest BCUT2D eigenvalue weighted by Crippen LogP contribution is -2.15. The fraction of sp³-hybridized carbons (Fsp3) is 0.300. The molecule has 0 amide bonds. The van der Waals surface area contributed by atoms with Crippen molar-refractivity contribution in [3.8, 4) is 11.4 Å². The molecule has 0 bridgehead atoms. The highest BCUT2D eigenvalue weighted by Crippen LogP contribution is 2.53. The van der Waals surface area contributed by atoms with Crippen molar-refractivity contribution >= 4 is 17.3 Å². The standard InChI is InChI=1S/C20H20ClFN4O/c1-26-18(16-7-6-15(12-17(16)21)23-10-11-27)24-25-19(26)20(8-9-20)13-2-4-14(22)5-3-13/h2-7,12,23,27H,8-11H2,1H3. The van der Waals surface area contributed by atoms with Crippen LogP contribution in [0.3, 0.4) is 0 Å². The van der Waals surface area contributed by atoms with Crippen molar-refractivity contribution < 1.29 is 9.50 Å². The van der Waals surface area contributed by atoms with Crippen LogP contribution in [0.4, 0.5) is 10.1 Å². The first-order valence-corrected chi connectivity index (χ1v) is 9.23. The monoisotopic (exact) mass is 386 g/mol. The summed E-state index contributed by atoms with van der Waals surface area (Å²) in [6, 6.07) is 12.2. The summed E-state index contributed by atoms with van der Waals surface area (Å²) < 4.78 is 15.3. The summed E-state index contributed by atoms with van der Waals surface area (Å²) in [5.74, 6) is 1.31. The van der Waals surface area contributed by atoms with Gasteiger partial charge in [-0.05, 0) is 48.7 Å². The molecule has 3 aromatic rings. The Kier molecular flexibility index (Phi) is 4.61. The topological polar surface area (TPSA) is 63.0 Å². The van der Waals surface area contributed by atoms with Crippen molar-refractivity contribution in [2.75, 3.05) is 18.5 Å². The lowest BCUT2D eigenvalue weighted by Gasteiger charge is -2.16. The van der Waals surface area contributed by atoms with Crippen LogP contribution in [0.25, 0.3) is 11.4 Å². The summed E-state index contributed by atoms with van der Waals surface area (Å²) in [7, 11) is 1.93. The average Bonchev–Trinajstić information content (AvgIpc) is 3.38. The van der Waals surface area contributed by atoms with Crippen molar-refractivity contribution in [3.63, 3.8) is 0 Å². The second kappa shape index (κ2) is 6.94. The fourth-order valence-corrected chi connectivity index (χ4v) is 3.79. The summed E-state index contributed by atoms with van der Waals surface area (Å²) >= 11 is 6.46. The Morgan fingerprint density at radius 3 is 2.56 bits per heavy atom. The highest BCUT2D eigenvalue weighted by molar-refractivity contribution is 6.33. The predicted molar refractivity (Wildman–Crippen MR) is 103 cm³/mol. The van der Waals surface area contributed by atoms with Gasteiger partial charge in [-0.1, -0.05) is 23.7 Å². The van der Waals surface area contributed by atoms with Gasteiger partial charge in [-0.25, -0.2) is 4.39 Å². The molecule has 1 heterocycles. The van der Waals surface area contributed by atoms with Gasteiger partial charge in [0.15, 0.2) is 5.82 Å². The summed E-state index contributed by atoms with van der Waals surface area (Å²) in [4.78, 5) is 0. The van der Waals surface area contributed by atoms with Crippen LogP contribution in [-0.2, 0) is 12.5 Å². The maximum Gasteiger partial charge on any atom is 0.165 e. The number of hydrogen-bond acceptors (Lipinski definition) is 4. The Hall–Kier alpha value is -2.44. The first-order chi connectivity index (χ1) is 13.0. The lowest BCUT2D eigenvalue weighted by atomic mass is 9.95. The van der Waals surface area contributed by atoms with Gasteiger partial charge < -0.3 is 15.0 Å². The molecule has 5 nitrogen and oxygen atoms in total. The normalized spacial score (nSPS) is 15.0. The van der Waals surface area contributed by atoms with Gasteiger partial charge in [-0.15, -0.1) is 10.2 Å². The zero-order valence-electron chi connectivity index (χ0n) is 14.9. The summed E-state index contributed by atoms with van der Waals surface area (Å²) in [5, 5.41) is 21.4. The van der Waals surface area contributed by atoms with Gasteiger partial charge in [0, 0.05) is 24.8 Å². The molecule has 1 saturated carbocycles. The molecule has 2 N–H and O–H groups in total. The molecular formula is C20H20ClFN4O. The van der Waals surface area contributed by atoms with E-state index in [0.717, 1.165) is 35.5 Å². The van der Waals surface area contributed by atoms with Gasteiger partial charge in [-0.2, -0.15) is 0 Å². The minimum absolute atomic E-state index is 0.0531. The molecule has 1 aliphatic rings. The molecule has 1 fully saturated rings. The van der Waals surface area contributed by atoms with E-state index in [1.54, 1.807) is 0 Å². The van der Waals surface area contributed by atoms with E-state index in [0.29, 0.717) is 17.4 Å². The van der Waals surface area contributed by atoms with Gasteiger partial charge in [0.05, 0.1) is 17.0 Å². The van der Waals surface area contributed by atoms with E-state index in [1.807, 2.05) is 41.9 Å². The predicted octanol–water partition coefficient (Wildman–Crippen LogP) is 3.76. The van der Waals surface area contributed by atoms with E-state index in [4.69, 9.17) is 16.7 Å². The van der Waals surface area contributed by atoms with Crippen LogP contribution in [-0.4, -0.2) is 33.0 Å². The molecule has 0 atom stereocenters. The molecule has 7 heteroatoms. The Morgan fingerprint density at radius 2 is 1.93 bits per heavy atom. The minimum atomic E-state index is -0.241. The van der Waals surface area contributed by atoms with Crippen LogP contribution in [0.5, 0.6) is 0 Å². The molecule has 0 unspecified atom stereocenters. The zero-order chi connectivity index (χ0) is 19.0. The van der Waals surface area contributed by atoms with Crippen LogP contribution in [0.1, 0.15) is 24.2 Å². The van der Waals surface area contributed by atoms with Crippen LogP contribution >= 0.6 is 11.6 Å². The molecule has 0 aliphatic heterocycles. The molecule has 0 spiro atoms. The number of nitrogens with zero attached hydrogens (tertiary/aromatic N) is 3. The van der Waals surface area contributed by atoms with Gasteiger partial charge in [0.1, 0.15) is 11.6 Å². The summed E-state index contributed by atoms with van der Waals surface area (Å²) in [5.41, 5.74) is 2.48. The molecule has 4 rings (SSSR count). The maximum absolute atomic E-state index is 13.3. The molecule has 1 aliphatic carbocycles. The Bertz CT molecular complexity index is 967. The number of halogens is 2. The Labute approximate surface area is 161 Å². The molecule has 27 heavy (non-hydrogen) atoms. The van der Waals surface area contributed by atoms with Crippen molar-refractivity contribution in [1.29, 1.82) is 0 Å². The van der Waals surface area contributed by atoms with E-state index in [1.165, 1.54) is 12.1 Å². The number of rotatable bonds is 6. The number of anilines is 1. The zero-order valence-corrected chi connectivity index (χ0v) is 15.7. The SMILES string of the molecule is Cn1c(-c2ccc(NCCO)cc2Cl)nnc1C1(c2ccc(F)cc2)CC1. The first-order valence-electron chi connectivity index (χ1n) is 8.86. The third kappa shape index (κ3) is 3.19. The Balaban J connectivity index is 1.68. The maximum atomic E-state index is 13.3. The van der Waals surface area contributed by atoms with E-state index in [2.05, 4.69) is 15.5 Å². The second-order valence-corrected chi connectivity index (χ2v) is 7.25. The second-order valence-electron chi connectivity index (χ2n) is 6.84. The van der Waals surface area contributed by atoms with E-state index >= 15 is 0 Å². The minimum Gasteiger partial charge on any atom is -0.395 e. The van der Waals surface area contributed by atoms with E-state index in [9.17, 15) is 4.39 Å². The van der Waals surface area contributed by atoms with Crippen LogP contribution in [0.15, 0.2) is 42.5 Å². The van der Waals surface area contributed by atoms with Crippen LogP contribution in [0, 0.1) is 5.82 Å². The smallest absolute Gasteiger partial charge is 0.165 e. The molecule has 2 aromatic carbocycles. The average molecular weight is 387 g/mol. The number of aliphatic hydroxyl groups excluding tert-OH is 1. The largest absolute Gasteiger partial charge is 0.395 e. The molecule has 140 valence electrons. The molecular weight excluding hydrogens is 367 g/mol. The fourth-order valence-electron chi connectivity index (χ4n) is 3.52. The van der Waals surface area contributed by atoms with Gasteiger partial charge in [-0.3, -0.25) is 0 Å². The molecule has 0 radical (unpaired) electrons. The number of benzene rings is 2. The Morgan fingerprint density at radius 1 is 1.19 bits per heavy atom.